The minimum Gasteiger partial charge on any atom is -0.494 e. The molecule has 0 saturated carbocycles. The Labute approximate surface area is 125 Å². The van der Waals surface area contributed by atoms with Gasteiger partial charge in [0.05, 0.1) is 11.5 Å². The number of hydrogen-bond acceptors (Lipinski definition) is 3. The predicted octanol–water partition coefficient (Wildman–Crippen LogP) is 3.67. The summed E-state index contributed by atoms with van der Waals surface area (Å²) < 4.78 is 32.4. The molecule has 0 bridgehead atoms. The molecule has 0 aliphatic rings. The first-order valence-electron chi connectivity index (χ1n) is 6.92. The van der Waals surface area contributed by atoms with Gasteiger partial charge in [-0.15, -0.1) is 0 Å². The Kier molecular flexibility index (Phi) is 5.22. The van der Waals surface area contributed by atoms with Crippen LogP contribution in [0, 0.1) is 0 Å². The zero-order valence-corrected chi connectivity index (χ0v) is 12.8. The molecule has 4 nitrogen and oxygen atoms in total. The normalized spacial score (nSPS) is 11.1. The molecule has 0 radical (unpaired) electrons. The summed E-state index contributed by atoms with van der Waals surface area (Å²) in [5.41, 5.74) is 0.515. The number of hydrogen-bond donors (Lipinski definition) is 1. The van der Waals surface area contributed by atoms with Gasteiger partial charge >= 0.3 is 0 Å². The van der Waals surface area contributed by atoms with Gasteiger partial charge in [0.2, 0.25) is 0 Å². The molecular formula is C16H19NO3S. The predicted molar refractivity (Wildman–Crippen MR) is 84.1 cm³/mol. The van der Waals surface area contributed by atoms with Crippen LogP contribution in [0.4, 0.5) is 5.69 Å². The third-order valence-electron chi connectivity index (χ3n) is 2.93. The van der Waals surface area contributed by atoms with Crippen molar-refractivity contribution in [2.24, 2.45) is 0 Å². The molecule has 0 fully saturated rings. The number of ether oxygens (including phenoxy) is 1. The minimum absolute atomic E-state index is 0.244. The van der Waals surface area contributed by atoms with Crippen LogP contribution in [0.3, 0.4) is 0 Å². The summed E-state index contributed by atoms with van der Waals surface area (Å²) in [5, 5.41) is 0. The number of rotatable bonds is 7. The van der Waals surface area contributed by atoms with E-state index in [1.54, 1.807) is 54.6 Å². The van der Waals surface area contributed by atoms with Gasteiger partial charge in [0, 0.05) is 5.69 Å². The molecule has 5 heteroatoms. The number of sulfonamides is 1. The lowest BCUT2D eigenvalue weighted by Crippen LogP contribution is -2.12. The van der Waals surface area contributed by atoms with Crippen molar-refractivity contribution < 1.29 is 13.2 Å². The molecule has 1 N–H and O–H groups in total. The van der Waals surface area contributed by atoms with Crippen LogP contribution in [-0.4, -0.2) is 15.0 Å². The third-order valence-corrected chi connectivity index (χ3v) is 4.32. The molecule has 2 rings (SSSR count). The maximum atomic E-state index is 12.2. The lowest BCUT2D eigenvalue weighted by Gasteiger charge is -2.09. The average molecular weight is 305 g/mol. The Balaban J connectivity index is 2.03. The van der Waals surface area contributed by atoms with Crippen molar-refractivity contribution >= 4 is 15.7 Å². The fourth-order valence-electron chi connectivity index (χ4n) is 1.77. The lowest BCUT2D eigenvalue weighted by molar-refractivity contribution is 0.309. The largest absolute Gasteiger partial charge is 0.494 e. The average Bonchev–Trinajstić information content (AvgIpc) is 2.50. The van der Waals surface area contributed by atoms with Crippen molar-refractivity contribution in [1.29, 1.82) is 0 Å². The van der Waals surface area contributed by atoms with E-state index in [-0.39, 0.29) is 4.90 Å². The number of anilines is 1. The molecular weight excluding hydrogens is 286 g/mol. The van der Waals surface area contributed by atoms with Gasteiger partial charge < -0.3 is 4.74 Å². The molecule has 0 heterocycles. The second-order valence-electron chi connectivity index (χ2n) is 4.64. The van der Waals surface area contributed by atoms with E-state index >= 15 is 0 Å². The van der Waals surface area contributed by atoms with Crippen LogP contribution in [0.25, 0.3) is 0 Å². The number of nitrogens with one attached hydrogen (secondary N) is 1. The van der Waals surface area contributed by atoms with Crippen molar-refractivity contribution in [2.75, 3.05) is 11.3 Å². The Bertz CT molecular complexity index is 652. The summed E-state index contributed by atoms with van der Waals surface area (Å²) in [4.78, 5) is 0.244. The molecule has 0 aromatic heterocycles. The van der Waals surface area contributed by atoms with Gasteiger partial charge in [0.1, 0.15) is 5.75 Å². The molecule has 0 saturated heterocycles. The summed E-state index contributed by atoms with van der Waals surface area (Å²) in [5.74, 6) is 0.742. The highest BCUT2D eigenvalue weighted by molar-refractivity contribution is 7.92. The molecule has 0 aliphatic carbocycles. The molecule has 0 amide bonds. The summed E-state index contributed by atoms with van der Waals surface area (Å²) in [7, 11) is -3.54. The zero-order valence-electron chi connectivity index (χ0n) is 12.0. The minimum atomic E-state index is -3.54. The van der Waals surface area contributed by atoms with E-state index in [1.165, 1.54) is 0 Å². The van der Waals surface area contributed by atoms with E-state index in [2.05, 4.69) is 11.6 Å². The fourth-order valence-corrected chi connectivity index (χ4v) is 2.85. The Morgan fingerprint density at radius 2 is 1.67 bits per heavy atom. The third kappa shape index (κ3) is 4.49. The quantitative estimate of drug-likeness (QED) is 0.794. The van der Waals surface area contributed by atoms with Crippen LogP contribution in [-0.2, 0) is 10.0 Å². The summed E-state index contributed by atoms with van der Waals surface area (Å²) in [6.45, 7) is 2.77. The highest BCUT2D eigenvalue weighted by Crippen LogP contribution is 2.19. The molecule has 0 unspecified atom stereocenters. The van der Waals surface area contributed by atoms with Crippen LogP contribution < -0.4 is 9.46 Å². The van der Waals surface area contributed by atoms with E-state index in [0.29, 0.717) is 12.3 Å². The Morgan fingerprint density at radius 1 is 1.00 bits per heavy atom. The summed E-state index contributed by atoms with van der Waals surface area (Å²) in [6.07, 6.45) is 2.08. The Hall–Kier alpha value is -2.01. The second-order valence-corrected chi connectivity index (χ2v) is 6.33. The van der Waals surface area contributed by atoms with Crippen molar-refractivity contribution in [3.8, 4) is 5.75 Å². The van der Waals surface area contributed by atoms with E-state index in [1.807, 2.05) is 0 Å². The van der Waals surface area contributed by atoms with Crippen LogP contribution in [0.15, 0.2) is 59.5 Å². The van der Waals surface area contributed by atoms with Gasteiger partial charge in [-0.1, -0.05) is 31.5 Å². The summed E-state index contributed by atoms with van der Waals surface area (Å²) in [6, 6.07) is 15.2. The fraction of sp³-hybridized carbons (Fsp3) is 0.250. The van der Waals surface area contributed by atoms with Crippen molar-refractivity contribution in [3.05, 3.63) is 54.6 Å². The van der Waals surface area contributed by atoms with Gasteiger partial charge in [0.25, 0.3) is 10.0 Å². The second kappa shape index (κ2) is 7.13. The first-order valence-corrected chi connectivity index (χ1v) is 8.41. The topological polar surface area (TPSA) is 55.4 Å². The van der Waals surface area contributed by atoms with E-state index in [0.717, 1.165) is 18.6 Å². The molecule has 0 aliphatic heterocycles. The molecule has 2 aromatic carbocycles. The van der Waals surface area contributed by atoms with E-state index in [9.17, 15) is 8.42 Å². The first-order chi connectivity index (χ1) is 10.1. The van der Waals surface area contributed by atoms with Crippen LogP contribution >= 0.6 is 0 Å². The van der Waals surface area contributed by atoms with Crippen molar-refractivity contribution in [3.63, 3.8) is 0 Å². The van der Waals surface area contributed by atoms with Crippen LogP contribution in [0.2, 0.25) is 0 Å². The van der Waals surface area contributed by atoms with Crippen molar-refractivity contribution in [1.82, 2.24) is 0 Å². The SMILES string of the molecule is CCCCOc1ccc(NS(=O)(=O)c2ccccc2)cc1. The number of benzene rings is 2. The monoisotopic (exact) mass is 305 g/mol. The van der Waals surface area contributed by atoms with Crippen molar-refractivity contribution in [2.45, 2.75) is 24.7 Å². The molecule has 2 aromatic rings. The van der Waals surface area contributed by atoms with Gasteiger partial charge in [-0.05, 0) is 42.8 Å². The highest BCUT2D eigenvalue weighted by atomic mass is 32.2. The van der Waals surface area contributed by atoms with Crippen LogP contribution in [0.5, 0.6) is 5.75 Å². The number of unbranched alkanes of at least 4 members (excludes halogenated alkanes) is 1. The lowest BCUT2D eigenvalue weighted by atomic mass is 10.3. The smallest absolute Gasteiger partial charge is 0.261 e. The standard InChI is InChI=1S/C16H19NO3S/c1-2-3-13-20-15-11-9-14(10-12-15)17-21(18,19)16-7-5-4-6-8-16/h4-12,17H,2-3,13H2,1H3. The van der Waals surface area contributed by atoms with E-state index < -0.39 is 10.0 Å². The zero-order chi connectivity index (χ0) is 15.1. The van der Waals surface area contributed by atoms with Crippen LogP contribution in [0.1, 0.15) is 19.8 Å². The van der Waals surface area contributed by atoms with Gasteiger partial charge in [-0.3, -0.25) is 4.72 Å². The Morgan fingerprint density at radius 3 is 2.29 bits per heavy atom. The maximum Gasteiger partial charge on any atom is 0.261 e. The molecule has 21 heavy (non-hydrogen) atoms. The molecule has 0 atom stereocenters. The van der Waals surface area contributed by atoms with Gasteiger partial charge in [0.15, 0.2) is 0 Å². The van der Waals surface area contributed by atoms with E-state index in [4.69, 9.17) is 4.74 Å². The molecule has 0 spiro atoms. The molecule has 112 valence electrons. The highest BCUT2D eigenvalue weighted by Gasteiger charge is 2.13. The first kappa shape index (κ1) is 15.4. The van der Waals surface area contributed by atoms with Gasteiger partial charge in [-0.2, -0.15) is 0 Å². The summed E-state index contributed by atoms with van der Waals surface area (Å²) >= 11 is 0. The van der Waals surface area contributed by atoms with Gasteiger partial charge in [-0.25, -0.2) is 8.42 Å². The maximum absolute atomic E-state index is 12.2.